The van der Waals surface area contributed by atoms with Crippen LogP contribution in [-0.2, 0) is 6.54 Å². The summed E-state index contributed by atoms with van der Waals surface area (Å²) in [4.78, 5) is 26.3. The van der Waals surface area contributed by atoms with E-state index in [0.717, 1.165) is 29.7 Å². The van der Waals surface area contributed by atoms with E-state index in [1.54, 1.807) is 24.1 Å². The Balaban J connectivity index is 1.68. The highest BCUT2D eigenvalue weighted by Gasteiger charge is 2.24. The van der Waals surface area contributed by atoms with Crippen LogP contribution >= 0.6 is 0 Å². The molecule has 1 heterocycles. The van der Waals surface area contributed by atoms with Crippen LogP contribution in [0, 0.1) is 20.8 Å². The Bertz CT molecular complexity index is 820. The van der Waals surface area contributed by atoms with Crippen LogP contribution in [0.15, 0.2) is 22.7 Å². The summed E-state index contributed by atoms with van der Waals surface area (Å²) in [5, 5.41) is 9.75. The number of amides is 3. The van der Waals surface area contributed by atoms with Crippen molar-refractivity contribution in [3.63, 3.8) is 0 Å². The van der Waals surface area contributed by atoms with Crippen molar-refractivity contribution < 1.29 is 14.1 Å². The molecule has 1 aliphatic rings. The first-order valence-electron chi connectivity index (χ1n) is 8.70. The number of aryl methyl sites for hydroxylation is 3. The molecule has 0 unspecified atom stereocenters. The molecule has 7 nitrogen and oxygen atoms in total. The van der Waals surface area contributed by atoms with Gasteiger partial charge in [0, 0.05) is 29.9 Å². The van der Waals surface area contributed by atoms with Crippen molar-refractivity contribution in [2.45, 2.75) is 46.2 Å². The number of rotatable bonds is 5. The molecule has 1 saturated carbocycles. The van der Waals surface area contributed by atoms with Crippen LogP contribution in [0.2, 0.25) is 0 Å². The van der Waals surface area contributed by atoms with Crippen molar-refractivity contribution in [3.8, 4) is 0 Å². The van der Waals surface area contributed by atoms with Gasteiger partial charge in [-0.25, -0.2) is 4.79 Å². The topological polar surface area (TPSA) is 87.5 Å². The Kier molecular flexibility index (Phi) is 4.97. The number of nitrogens with one attached hydrogen (secondary N) is 2. The van der Waals surface area contributed by atoms with E-state index in [1.165, 1.54) is 0 Å². The quantitative estimate of drug-likeness (QED) is 0.861. The number of urea groups is 1. The zero-order chi connectivity index (χ0) is 18.8. The molecule has 0 radical (unpaired) electrons. The molecule has 0 spiro atoms. The third kappa shape index (κ3) is 4.04. The Labute approximate surface area is 152 Å². The van der Waals surface area contributed by atoms with E-state index < -0.39 is 0 Å². The Hall–Kier alpha value is -2.83. The van der Waals surface area contributed by atoms with Gasteiger partial charge in [0.25, 0.3) is 5.91 Å². The second-order valence-corrected chi connectivity index (χ2v) is 6.87. The van der Waals surface area contributed by atoms with Crippen LogP contribution < -0.4 is 10.6 Å². The fourth-order valence-electron chi connectivity index (χ4n) is 2.64. The van der Waals surface area contributed by atoms with E-state index in [-0.39, 0.29) is 11.9 Å². The number of aromatic nitrogens is 1. The van der Waals surface area contributed by atoms with Gasteiger partial charge in [-0.3, -0.25) is 4.79 Å². The lowest BCUT2D eigenvalue weighted by Gasteiger charge is -2.19. The number of carbonyl (C=O) groups excluding carboxylic acids is 2. The maximum Gasteiger partial charge on any atom is 0.321 e. The summed E-state index contributed by atoms with van der Waals surface area (Å²) in [6.45, 7) is 5.97. The Morgan fingerprint density at radius 3 is 2.62 bits per heavy atom. The van der Waals surface area contributed by atoms with Crippen LogP contribution in [0.4, 0.5) is 10.5 Å². The molecule has 1 aliphatic carbocycles. The van der Waals surface area contributed by atoms with Gasteiger partial charge >= 0.3 is 6.03 Å². The zero-order valence-electron chi connectivity index (χ0n) is 15.5. The van der Waals surface area contributed by atoms with Crippen LogP contribution in [0.1, 0.15) is 45.8 Å². The minimum absolute atomic E-state index is 0.105. The first kappa shape index (κ1) is 18.0. The van der Waals surface area contributed by atoms with Crippen molar-refractivity contribution >= 4 is 17.6 Å². The van der Waals surface area contributed by atoms with E-state index in [1.807, 2.05) is 26.8 Å². The van der Waals surface area contributed by atoms with Crippen molar-refractivity contribution in [1.82, 2.24) is 15.4 Å². The van der Waals surface area contributed by atoms with Gasteiger partial charge in [-0.2, -0.15) is 0 Å². The van der Waals surface area contributed by atoms with Gasteiger partial charge in [0.05, 0.1) is 12.2 Å². The van der Waals surface area contributed by atoms with E-state index in [2.05, 4.69) is 15.8 Å². The van der Waals surface area contributed by atoms with Gasteiger partial charge in [0.15, 0.2) is 0 Å². The van der Waals surface area contributed by atoms with E-state index in [0.29, 0.717) is 29.6 Å². The van der Waals surface area contributed by atoms with Gasteiger partial charge in [0.2, 0.25) is 0 Å². The Morgan fingerprint density at radius 2 is 2.00 bits per heavy atom. The standard InChI is InChI=1S/C19H24N4O3/c1-11-5-6-14(18(24)20-15-7-8-15)9-17(11)21-19(25)23(4)10-16-12(2)22-26-13(16)3/h5-6,9,15H,7-8,10H2,1-4H3,(H,20,24)(H,21,25). The summed E-state index contributed by atoms with van der Waals surface area (Å²) in [5.74, 6) is 0.601. The summed E-state index contributed by atoms with van der Waals surface area (Å²) in [7, 11) is 1.71. The molecule has 3 rings (SSSR count). The lowest BCUT2D eigenvalue weighted by atomic mass is 10.1. The fraction of sp³-hybridized carbons (Fsp3) is 0.421. The number of nitrogens with zero attached hydrogens (tertiary/aromatic N) is 2. The molecular weight excluding hydrogens is 332 g/mol. The SMILES string of the molecule is Cc1ccc(C(=O)NC2CC2)cc1NC(=O)N(C)Cc1c(C)noc1C. The van der Waals surface area contributed by atoms with E-state index in [4.69, 9.17) is 4.52 Å². The van der Waals surface area contributed by atoms with E-state index in [9.17, 15) is 9.59 Å². The molecular formula is C19H24N4O3. The maximum absolute atomic E-state index is 12.5. The van der Waals surface area contributed by atoms with Gasteiger partial charge in [-0.15, -0.1) is 0 Å². The van der Waals surface area contributed by atoms with Crippen LogP contribution in [0.5, 0.6) is 0 Å². The second kappa shape index (κ2) is 7.19. The highest BCUT2D eigenvalue weighted by atomic mass is 16.5. The monoisotopic (exact) mass is 356 g/mol. The molecule has 1 fully saturated rings. The number of anilines is 1. The molecule has 1 aromatic heterocycles. The summed E-state index contributed by atoms with van der Waals surface area (Å²) < 4.78 is 5.14. The van der Waals surface area contributed by atoms with Gasteiger partial charge in [0.1, 0.15) is 5.76 Å². The molecule has 3 amide bonds. The molecule has 7 heteroatoms. The molecule has 0 bridgehead atoms. The van der Waals surface area contributed by atoms with Crippen molar-refractivity contribution in [3.05, 3.63) is 46.3 Å². The summed E-state index contributed by atoms with van der Waals surface area (Å²) in [5.41, 5.74) is 3.75. The van der Waals surface area contributed by atoms with E-state index >= 15 is 0 Å². The summed E-state index contributed by atoms with van der Waals surface area (Å²) in [6.07, 6.45) is 2.07. The smallest absolute Gasteiger partial charge is 0.321 e. The Morgan fingerprint density at radius 1 is 1.27 bits per heavy atom. The van der Waals surface area contributed by atoms with Crippen LogP contribution in [0.25, 0.3) is 0 Å². The summed E-state index contributed by atoms with van der Waals surface area (Å²) in [6, 6.07) is 5.37. The third-order valence-electron chi connectivity index (χ3n) is 4.58. The predicted octanol–water partition coefficient (Wildman–Crippen LogP) is 3.16. The first-order chi connectivity index (χ1) is 12.3. The highest BCUT2D eigenvalue weighted by molar-refractivity contribution is 5.97. The lowest BCUT2D eigenvalue weighted by molar-refractivity contribution is 0.0951. The van der Waals surface area contributed by atoms with Gasteiger partial charge in [-0.05, 0) is 51.3 Å². The van der Waals surface area contributed by atoms with Crippen LogP contribution in [-0.4, -0.2) is 35.1 Å². The second-order valence-electron chi connectivity index (χ2n) is 6.87. The van der Waals surface area contributed by atoms with Gasteiger partial charge < -0.3 is 20.1 Å². The molecule has 0 atom stereocenters. The largest absolute Gasteiger partial charge is 0.361 e. The molecule has 1 aromatic carbocycles. The molecule has 0 saturated heterocycles. The molecule has 0 aliphatic heterocycles. The minimum Gasteiger partial charge on any atom is -0.361 e. The highest BCUT2D eigenvalue weighted by Crippen LogP contribution is 2.22. The number of hydrogen-bond acceptors (Lipinski definition) is 4. The van der Waals surface area contributed by atoms with Crippen molar-refractivity contribution in [2.75, 3.05) is 12.4 Å². The third-order valence-corrected chi connectivity index (χ3v) is 4.58. The van der Waals surface area contributed by atoms with Crippen molar-refractivity contribution in [1.29, 1.82) is 0 Å². The number of hydrogen-bond donors (Lipinski definition) is 2. The minimum atomic E-state index is -0.257. The van der Waals surface area contributed by atoms with Gasteiger partial charge in [-0.1, -0.05) is 11.2 Å². The summed E-state index contributed by atoms with van der Waals surface area (Å²) >= 11 is 0. The normalized spacial score (nSPS) is 13.4. The zero-order valence-corrected chi connectivity index (χ0v) is 15.5. The molecule has 2 N–H and O–H groups in total. The maximum atomic E-state index is 12.5. The fourth-order valence-corrected chi connectivity index (χ4v) is 2.64. The average molecular weight is 356 g/mol. The van der Waals surface area contributed by atoms with Crippen molar-refractivity contribution in [2.24, 2.45) is 0 Å². The molecule has 2 aromatic rings. The predicted molar refractivity (Wildman–Crippen MR) is 98.1 cm³/mol. The lowest BCUT2D eigenvalue weighted by Crippen LogP contribution is -2.31. The molecule has 26 heavy (non-hydrogen) atoms. The molecule has 138 valence electrons. The first-order valence-corrected chi connectivity index (χ1v) is 8.70. The van der Waals surface area contributed by atoms with Crippen LogP contribution in [0.3, 0.4) is 0 Å². The number of benzene rings is 1. The number of carbonyl (C=O) groups is 2. The average Bonchev–Trinajstić information content (AvgIpc) is 3.37.